The minimum absolute atomic E-state index is 0. The van der Waals surface area contributed by atoms with Crippen LogP contribution in [0.4, 0.5) is 0 Å². The van der Waals surface area contributed by atoms with Crippen molar-refractivity contribution < 1.29 is 38.0 Å². The summed E-state index contributed by atoms with van der Waals surface area (Å²) in [7, 11) is 4.09. The number of benzene rings is 1. The normalized spacial score (nSPS) is 11.4. The molecule has 1 amide bonds. The Hall–Kier alpha value is -0.820. The Morgan fingerprint density at radius 3 is 1.20 bits per heavy atom. The molecule has 0 radical (unpaired) electrons. The van der Waals surface area contributed by atoms with Crippen molar-refractivity contribution in [2.75, 3.05) is 40.3 Å². The molecule has 270 valence electrons. The van der Waals surface area contributed by atoms with E-state index < -0.39 is 0 Å². The number of carbonyl (C=O) groups excluding carboxylic acids is 1. The number of carbonyl (C=O) groups is 1. The Bertz CT molecular complexity index is 755. The quantitative estimate of drug-likeness (QED) is 0.0442. The van der Waals surface area contributed by atoms with E-state index >= 15 is 0 Å². The first kappa shape index (κ1) is 45.2. The summed E-state index contributed by atoms with van der Waals surface area (Å²) >= 11 is 0. The predicted molar refractivity (Wildman–Crippen MR) is 198 cm³/mol. The summed E-state index contributed by atoms with van der Waals surface area (Å²) in [5.41, 5.74) is 0.706. The highest BCUT2D eigenvalue weighted by atomic mass is 127. The van der Waals surface area contributed by atoms with E-state index in [1.165, 1.54) is 180 Å². The zero-order chi connectivity index (χ0) is 32.7. The van der Waals surface area contributed by atoms with E-state index in [2.05, 4.69) is 26.2 Å². The van der Waals surface area contributed by atoms with Crippen LogP contribution in [-0.2, 0) is 0 Å². The molecule has 1 aromatic carbocycles. The van der Waals surface area contributed by atoms with Gasteiger partial charge in [0.05, 0.1) is 40.3 Å². The molecule has 1 aromatic rings. The van der Waals surface area contributed by atoms with Crippen LogP contribution in [0.15, 0.2) is 24.3 Å². The molecule has 0 heterocycles. The van der Waals surface area contributed by atoms with Crippen LogP contribution in [0, 0.1) is 0 Å². The summed E-state index contributed by atoms with van der Waals surface area (Å²) < 4.78 is 6.32. The molecule has 0 aliphatic heterocycles. The van der Waals surface area contributed by atoms with Crippen LogP contribution in [-0.4, -0.2) is 50.7 Å². The van der Waals surface area contributed by atoms with Crippen molar-refractivity contribution >= 4 is 5.91 Å². The minimum Gasteiger partial charge on any atom is -1.00 e. The van der Waals surface area contributed by atoms with Gasteiger partial charge in [0.1, 0.15) is 5.75 Å². The fourth-order valence-electron chi connectivity index (χ4n) is 6.64. The number of nitrogens with zero attached hydrogens (tertiary/aromatic N) is 1. The van der Waals surface area contributed by atoms with Crippen molar-refractivity contribution in [1.29, 1.82) is 0 Å². The third kappa shape index (κ3) is 26.2. The second kappa shape index (κ2) is 32.7. The number of nitrogens with one attached hydrogen (secondary N) is 1. The number of rotatable bonds is 33. The van der Waals surface area contributed by atoms with E-state index in [1.807, 2.05) is 24.3 Å². The summed E-state index contributed by atoms with van der Waals surface area (Å²) in [6.45, 7) is 8.80. The second-order valence-corrected chi connectivity index (χ2v) is 14.3. The lowest BCUT2D eigenvalue weighted by Crippen LogP contribution is -3.00. The second-order valence-electron chi connectivity index (χ2n) is 14.3. The highest BCUT2D eigenvalue weighted by molar-refractivity contribution is 5.94. The molecule has 0 aromatic heterocycles. The van der Waals surface area contributed by atoms with E-state index in [0.29, 0.717) is 5.56 Å². The van der Waals surface area contributed by atoms with Gasteiger partial charge in [0.15, 0.2) is 0 Å². The molecule has 46 heavy (non-hydrogen) atoms. The molecule has 0 aliphatic carbocycles. The maximum absolute atomic E-state index is 12.7. The first-order chi connectivity index (χ1) is 22.0. The molecular weight excluding hydrogens is 679 g/mol. The summed E-state index contributed by atoms with van der Waals surface area (Å²) in [5.74, 6) is 0.803. The fraction of sp³-hybridized carbons (Fsp3) is 0.829. The van der Waals surface area contributed by atoms with Gasteiger partial charge < -0.3 is 38.5 Å². The molecule has 0 spiro atoms. The number of ether oxygens (including phenoxy) is 1. The summed E-state index contributed by atoms with van der Waals surface area (Å²) in [4.78, 5) is 12.7. The van der Waals surface area contributed by atoms with Gasteiger partial charge in [0.2, 0.25) is 0 Å². The molecule has 0 unspecified atom stereocenters. The van der Waals surface area contributed by atoms with Gasteiger partial charge in [-0.05, 0) is 49.9 Å². The number of amides is 1. The molecule has 0 fully saturated rings. The highest BCUT2D eigenvalue weighted by Crippen LogP contribution is 2.17. The number of hydrogen-bond acceptors (Lipinski definition) is 2. The third-order valence-electron chi connectivity index (χ3n) is 9.89. The molecule has 0 saturated heterocycles. The van der Waals surface area contributed by atoms with Crippen molar-refractivity contribution in [2.24, 2.45) is 0 Å². The SMILES string of the molecule is CCCCCCCCCCCCCCC[N+](C)(CCCCCCCCCCCCCCC)CCNC(=O)c1ccc(OC)cc1.[I-]. The van der Waals surface area contributed by atoms with Crippen LogP contribution in [0.2, 0.25) is 0 Å². The number of halogens is 1. The Morgan fingerprint density at radius 1 is 0.543 bits per heavy atom. The number of hydrogen-bond donors (Lipinski definition) is 1. The molecular formula is C41H77IN2O2. The van der Waals surface area contributed by atoms with Gasteiger partial charge in [-0.15, -0.1) is 0 Å². The van der Waals surface area contributed by atoms with Gasteiger partial charge in [-0.3, -0.25) is 4.79 Å². The molecule has 4 nitrogen and oxygen atoms in total. The largest absolute Gasteiger partial charge is 1.00 e. The molecule has 0 aliphatic rings. The van der Waals surface area contributed by atoms with Crippen LogP contribution < -0.4 is 34.0 Å². The fourth-order valence-corrected chi connectivity index (χ4v) is 6.64. The van der Waals surface area contributed by atoms with Crippen molar-refractivity contribution in [3.8, 4) is 5.75 Å². The lowest BCUT2D eigenvalue weighted by molar-refractivity contribution is -0.908. The van der Waals surface area contributed by atoms with Crippen LogP contribution in [0.5, 0.6) is 5.75 Å². The van der Waals surface area contributed by atoms with Crippen LogP contribution in [0.25, 0.3) is 0 Å². The molecule has 1 rings (SSSR count). The maximum atomic E-state index is 12.7. The Morgan fingerprint density at radius 2 is 0.870 bits per heavy atom. The van der Waals surface area contributed by atoms with Gasteiger partial charge in [0.25, 0.3) is 5.91 Å². The highest BCUT2D eigenvalue weighted by Gasteiger charge is 2.21. The molecule has 0 atom stereocenters. The number of unbranched alkanes of at least 4 members (excludes halogenated alkanes) is 24. The first-order valence-corrected chi connectivity index (χ1v) is 19.8. The maximum Gasteiger partial charge on any atom is 0.251 e. The van der Waals surface area contributed by atoms with Gasteiger partial charge in [-0.25, -0.2) is 0 Å². The van der Waals surface area contributed by atoms with E-state index in [0.717, 1.165) is 23.3 Å². The zero-order valence-corrected chi connectivity index (χ0v) is 33.3. The van der Waals surface area contributed by atoms with Crippen molar-refractivity contribution in [2.45, 2.75) is 181 Å². The van der Waals surface area contributed by atoms with Crippen LogP contribution >= 0.6 is 0 Å². The Kier molecular flexibility index (Phi) is 32.1. The predicted octanol–water partition coefficient (Wildman–Crippen LogP) is 9.06. The molecule has 0 bridgehead atoms. The first-order valence-electron chi connectivity index (χ1n) is 19.8. The van der Waals surface area contributed by atoms with E-state index in [1.54, 1.807) is 7.11 Å². The molecule has 5 heteroatoms. The average Bonchev–Trinajstić information content (AvgIpc) is 3.05. The van der Waals surface area contributed by atoms with Crippen molar-refractivity contribution in [3.63, 3.8) is 0 Å². The Balaban J connectivity index is 0.0000202. The van der Waals surface area contributed by atoms with E-state index in [9.17, 15) is 4.79 Å². The van der Waals surface area contributed by atoms with Gasteiger partial charge in [-0.2, -0.15) is 0 Å². The number of likely N-dealkylation sites (N-methyl/N-ethyl adjacent to an activating group) is 1. The summed E-state index contributed by atoms with van der Waals surface area (Å²) in [6, 6.07) is 7.42. The van der Waals surface area contributed by atoms with Gasteiger partial charge in [-0.1, -0.05) is 155 Å². The third-order valence-corrected chi connectivity index (χ3v) is 9.89. The Labute approximate surface area is 304 Å². The zero-order valence-electron chi connectivity index (χ0n) is 31.2. The molecule has 0 saturated carbocycles. The standard InChI is InChI=1S/C41H76N2O2.HI/c1-5-7-9-11-13-15-17-19-21-23-25-27-29-36-43(3,38-35-42-41(44)39-31-33-40(45-4)34-32-39)37-30-28-26-24-22-20-18-16-14-12-10-8-6-2;/h31-34H,5-30,35-38H2,1-4H3;1H. The minimum atomic E-state index is 0. The topological polar surface area (TPSA) is 38.3 Å². The number of methoxy groups -OCH3 is 1. The molecule has 1 N–H and O–H groups in total. The van der Waals surface area contributed by atoms with E-state index in [-0.39, 0.29) is 29.9 Å². The summed E-state index contributed by atoms with van der Waals surface area (Å²) in [6.07, 6.45) is 36.4. The van der Waals surface area contributed by atoms with E-state index in [4.69, 9.17) is 4.74 Å². The lowest BCUT2D eigenvalue weighted by atomic mass is 10.0. The smallest absolute Gasteiger partial charge is 0.251 e. The number of quaternary nitrogens is 1. The lowest BCUT2D eigenvalue weighted by Gasteiger charge is -2.35. The van der Waals surface area contributed by atoms with Gasteiger partial charge in [0, 0.05) is 5.56 Å². The van der Waals surface area contributed by atoms with Crippen molar-refractivity contribution in [1.82, 2.24) is 5.32 Å². The summed E-state index contributed by atoms with van der Waals surface area (Å²) in [5, 5.41) is 3.19. The van der Waals surface area contributed by atoms with Crippen LogP contribution in [0.3, 0.4) is 0 Å². The average molecular weight is 757 g/mol. The van der Waals surface area contributed by atoms with Crippen LogP contribution in [0.1, 0.15) is 191 Å². The van der Waals surface area contributed by atoms with Gasteiger partial charge >= 0.3 is 0 Å². The monoisotopic (exact) mass is 757 g/mol. The van der Waals surface area contributed by atoms with Crippen molar-refractivity contribution in [3.05, 3.63) is 29.8 Å².